The van der Waals surface area contributed by atoms with Crippen LogP contribution in [0.2, 0.25) is 0 Å². The minimum atomic E-state index is -0.385. The van der Waals surface area contributed by atoms with Gasteiger partial charge in [-0.1, -0.05) is 19.4 Å². The van der Waals surface area contributed by atoms with Gasteiger partial charge in [0.05, 0.1) is 22.4 Å². The largest absolute Gasteiger partial charge is 0.462 e. The molecule has 8 heteroatoms. The molecule has 4 aromatic rings. The lowest BCUT2D eigenvalue weighted by Gasteiger charge is -2.06. The molecule has 0 unspecified atom stereocenters. The molecule has 1 amide bonds. The Hall–Kier alpha value is -3.52. The molecular weight excluding hydrogens is 402 g/mol. The number of pyridine rings is 1. The van der Waals surface area contributed by atoms with Gasteiger partial charge in [-0.05, 0) is 48.9 Å². The highest BCUT2D eigenvalue weighted by Gasteiger charge is 2.15. The molecule has 0 aliphatic rings. The molecule has 1 N–H and O–H groups in total. The van der Waals surface area contributed by atoms with Crippen LogP contribution in [0.4, 0.5) is 5.69 Å². The summed E-state index contributed by atoms with van der Waals surface area (Å²) >= 11 is 1.16. The number of hydrogen-bond acceptors (Lipinski definition) is 6. The molecule has 0 aliphatic heterocycles. The number of carbonyl (C=O) groups is 2. The molecule has 0 atom stereocenters. The van der Waals surface area contributed by atoms with Crippen molar-refractivity contribution in [2.75, 3.05) is 11.9 Å². The third kappa shape index (κ3) is 3.95. The van der Waals surface area contributed by atoms with Gasteiger partial charge in [0.15, 0.2) is 0 Å². The normalized spacial score (nSPS) is 11.0. The molecule has 0 bridgehead atoms. The number of carbonyl (C=O) groups excluding carboxylic acids is 2. The topological polar surface area (TPSA) is 89.8 Å². The van der Waals surface area contributed by atoms with Gasteiger partial charge in [-0.25, -0.2) is 9.78 Å². The Kier molecular flexibility index (Phi) is 5.58. The Balaban J connectivity index is 1.52. The van der Waals surface area contributed by atoms with E-state index in [9.17, 15) is 14.4 Å². The number of esters is 1. The number of amides is 1. The van der Waals surface area contributed by atoms with E-state index in [0.717, 1.165) is 24.2 Å². The Bertz CT molecular complexity index is 1290. The minimum Gasteiger partial charge on any atom is -0.462 e. The van der Waals surface area contributed by atoms with E-state index in [1.54, 1.807) is 54.7 Å². The van der Waals surface area contributed by atoms with Crippen LogP contribution in [-0.4, -0.2) is 27.9 Å². The molecule has 1 aromatic carbocycles. The molecule has 0 saturated carbocycles. The van der Waals surface area contributed by atoms with Gasteiger partial charge < -0.3 is 10.1 Å². The predicted octanol–water partition coefficient (Wildman–Crippen LogP) is 4.12. The van der Waals surface area contributed by atoms with Gasteiger partial charge in [0, 0.05) is 11.9 Å². The second kappa shape index (κ2) is 8.46. The van der Waals surface area contributed by atoms with Crippen LogP contribution in [0.1, 0.15) is 39.8 Å². The quantitative estimate of drug-likeness (QED) is 0.374. The lowest BCUT2D eigenvalue weighted by molar-refractivity contribution is 0.0499. The Morgan fingerprint density at radius 2 is 1.97 bits per heavy atom. The monoisotopic (exact) mass is 421 g/mol. The van der Waals surface area contributed by atoms with Crippen LogP contribution in [0.15, 0.2) is 59.5 Å². The highest BCUT2D eigenvalue weighted by molar-refractivity contribution is 7.20. The van der Waals surface area contributed by atoms with Crippen molar-refractivity contribution in [1.82, 2.24) is 9.38 Å². The van der Waals surface area contributed by atoms with Crippen LogP contribution >= 0.6 is 11.3 Å². The van der Waals surface area contributed by atoms with E-state index in [0.29, 0.717) is 38.6 Å². The summed E-state index contributed by atoms with van der Waals surface area (Å²) in [6, 6.07) is 13.4. The van der Waals surface area contributed by atoms with Crippen molar-refractivity contribution < 1.29 is 14.3 Å². The van der Waals surface area contributed by atoms with E-state index in [1.165, 1.54) is 4.40 Å². The Labute approximate surface area is 175 Å². The van der Waals surface area contributed by atoms with Crippen LogP contribution in [0.25, 0.3) is 15.9 Å². The first-order valence-electron chi connectivity index (χ1n) is 9.56. The molecule has 0 spiro atoms. The first kappa shape index (κ1) is 19.8. The zero-order chi connectivity index (χ0) is 21.1. The van der Waals surface area contributed by atoms with Crippen molar-refractivity contribution in [2.24, 2.45) is 0 Å². The zero-order valence-corrected chi connectivity index (χ0v) is 17.1. The number of fused-ring (bicyclic) bond motifs is 2. The van der Waals surface area contributed by atoms with E-state index in [1.807, 2.05) is 6.92 Å². The van der Waals surface area contributed by atoms with Gasteiger partial charge >= 0.3 is 5.97 Å². The Morgan fingerprint density at radius 3 is 2.73 bits per heavy atom. The second-order valence-corrected chi connectivity index (χ2v) is 7.73. The molecule has 152 valence electrons. The number of ether oxygens (including phenoxy) is 1. The average molecular weight is 421 g/mol. The maximum Gasteiger partial charge on any atom is 0.338 e. The molecule has 0 aliphatic carbocycles. The molecule has 4 rings (SSSR count). The summed E-state index contributed by atoms with van der Waals surface area (Å²) in [7, 11) is 0. The number of benzene rings is 1. The number of nitrogens with one attached hydrogen (secondary N) is 1. The first-order chi connectivity index (χ1) is 14.6. The number of rotatable bonds is 6. The number of hydrogen-bond donors (Lipinski definition) is 1. The smallest absolute Gasteiger partial charge is 0.338 e. The number of unbranched alkanes of at least 4 members (excludes halogenated alkanes) is 1. The van der Waals surface area contributed by atoms with Crippen LogP contribution in [-0.2, 0) is 4.74 Å². The van der Waals surface area contributed by atoms with E-state index in [-0.39, 0.29) is 17.4 Å². The predicted molar refractivity (Wildman–Crippen MR) is 116 cm³/mol. The minimum absolute atomic E-state index is 0.211. The van der Waals surface area contributed by atoms with Gasteiger partial charge in [0.2, 0.25) is 0 Å². The molecule has 3 aromatic heterocycles. The van der Waals surface area contributed by atoms with Crippen LogP contribution in [0, 0.1) is 0 Å². The molecule has 0 fully saturated rings. The van der Waals surface area contributed by atoms with Crippen LogP contribution in [0.5, 0.6) is 0 Å². The maximum absolute atomic E-state index is 12.7. The van der Waals surface area contributed by atoms with E-state index < -0.39 is 0 Å². The van der Waals surface area contributed by atoms with Gasteiger partial charge in [-0.2, -0.15) is 0 Å². The lowest BCUT2D eigenvalue weighted by Crippen LogP contribution is -2.13. The average Bonchev–Trinajstić information content (AvgIpc) is 3.19. The highest BCUT2D eigenvalue weighted by atomic mass is 32.1. The van der Waals surface area contributed by atoms with Crippen molar-refractivity contribution in [2.45, 2.75) is 19.8 Å². The first-order valence-corrected chi connectivity index (χ1v) is 10.4. The Morgan fingerprint density at radius 1 is 1.17 bits per heavy atom. The molecule has 7 nitrogen and oxygen atoms in total. The van der Waals surface area contributed by atoms with Gasteiger partial charge in [-0.3, -0.25) is 14.0 Å². The van der Waals surface area contributed by atoms with Gasteiger partial charge in [0.1, 0.15) is 10.5 Å². The van der Waals surface area contributed by atoms with Crippen LogP contribution in [0.3, 0.4) is 0 Å². The SMILES string of the molecule is CCCCOC(=O)c1ccc(NC(=O)c2cc3c(=O)n4ccccc4nc3s2)cc1. The molecule has 3 heterocycles. The highest BCUT2D eigenvalue weighted by Crippen LogP contribution is 2.23. The van der Waals surface area contributed by atoms with Gasteiger partial charge in [-0.15, -0.1) is 11.3 Å². The number of nitrogens with zero attached hydrogens (tertiary/aromatic N) is 2. The number of aromatic nitrogens is 2. The zero-order valence-electron chi connectivity index (χ0n) is 16.3. The number of anilines is 1. The summed E-state index contributed by atoms with van der Waals surface area (Å²) in [5, 5.41) is 3.18. The summed E-state index contributed by atoms with van der Waals surface area (Å²) in [5.74, 6) is -0.728. The molecule has 30 heavy (non-hydrogen) atoms. The second-order valence-electron chi connectivity index (χ2n) is 6.70. The summed E-state index contributed by atoms with van der Waals surface area (Å²) in [6.07, 6.45) is 3.42. The third-order valence-corrected chi connectivity index (χ3v) is 5.58. The van der Waals surface area contributed by atoms with Gasteiger partial charge in [0.25, 0.3) is 11.5 Å². The summed E-state index contributed by atoms with van der Waals surface area (Å²) in [5.41, 5.74) is 1.29. The van der Waals surface area contributed by atoms with Crippen molar-refractivity contribution >= 4 is 44.8 Å². The lowest BCUT2D eigenvalue weighted by atomic mass is 10.2. The van der Waals surface area contributed by atoms with Crippen molar-refractivity contribution in [3.05, 3.63) is 75.5 Å². The third-order valence-electron chi connectivity index (χ3n) is 4.55. The summed E-state index contributed by atoms with van der Waals surface area (Å²) in [4.78, 5) is 42.6. The van der Waals surface area contributed by atoms with E-state index in [4.69, 9.17) is 4.74 Å². The van der Waals surface area contributed by atoms with Crippen molar-refractivity contribution in [3.63, 3.8) is 0 Å². The maximum atomic E-state index is 12.7. The van der Waals surface area contributed by atoms with Crippen LogP contribution < -0.4 is 10.9 Å². The number of thiophene rings is 1. The fourth-order valence-electron chi connectivity index (χ4n) is 2.94. The fraction of sp³-hybridized carbons (Fsp3) is 0.182. The van der Waals surface area contributed by atoms with E-state index in [2.05, 4.69) is 10.3 Å². The van der Waals surface area contributed by atoms with Crippen molar-refractivity contribution in [3.8, 4) is 0 Å². The summed E-state index contributed by atoms with van der Waals surface area (Å²) < 4.78 is 6.63. The molecule has 0 saturated heterocycles. The van der Waals surface area contributed by atoms with Crippen molar-refractivity contribution in [1.29, 1.82) is 0 Å². The van der Waals surface area contributed by atoms with E-state index >= 15 is 0 Å². The molecule has 0 radical (unpaired) electrons. The summed E-state index contributed by atoms with van der Waals surface area (Å²) in [6.45, 7) is 2.42. The fourth-order valence-corrected chi connectivity index (χ4v) is 3.86. The molecular formula is C22H19N3O4S. The standard InChI is InChI=1S/C22H19N3O4S/c1-2-3-12-29-22(28)14-7-9-15(10-8-14)23-19(26)17-13-16-20(30-17)24-18-6-4-5-11-25(18)21(16)27/h4-11,13H,2-3,12H2,1H3,(H,23,26).